The lowest BCUT2D eigenvalue weighted by Crippen LogP contribution is -2.63. The number of carbonyl (C=O) groups excluding carboxylic acids is 4. The minimum Gasteiger partial charge on any atom is -0.456 e. The Morgan fingerprint density at radius 1 is 0.946 bits per heavy atom. The number of methoxy groups -OCH3 is 3. The van der Waals surface area contributed by atoms with Crippen LogP contribution in [0.15, 0.2) is 36.0 Å². The van der Waals surface area contributed by atoms with Crippen LogP contribution in [0.2, 0.25) is 0 Å². The number of carbonyl (C=O) groups is 4. The third-order valence-corrected chi connectivity index (χ3v) is 12.6. The summed E-state index contributed by atoms with van der Waals surface area (Å²) in [6, 6.07) is -1.13. The van der Waals surface area contributed by atoms with Crippen molar-refractivity contribution in [2.45, 2.75) is 153 Å². The second kappa shape index (κ2) is 20.3. The van der Waals surface area contributed by atoms with E-state index in [-0.39, 0.29) is 49.5 Å². The Hall–Kier alpha value is -2.78. The quantitative estimate of drug-likeness (QED) is 0.190. The number of esters is 1. The molecule has 3 aliphatic heterocycles. The van der Waals surface area contributed by atoms with Crippen LogP contribution in [0, 0.1) is 29.6 Å². The van der Waals surface area contributed by atoms with Crippen LogP contribution in [0.3, 0.4) is 0 Å². The van der Waals surface area contributed by atoms with Gasteiger partial charge in [0.15, 0.2) is 0 Å². The monoisotopic (exact) mass is 789 g/mol. The summed E-state index contributed by atoms with van der Waals surface area (Å²) in [5.41, 5.74) is 1.61. The predicted octanol–water partition coefficient (Wildman–Crippen LogP) is 4.25. The van der Waals surface area contributed by atoms with Crippen LogP contribution in [0.4, 0.5) is 0 Å². The zero-order valence-corrected chi connectivity index (χ0v) is 34.7. The molecule has 1 amide bonds. The van der Waals surface area contributed by atoms with Crippen LogP contribution in [0.25, 0.3) is 0 Å². The molecule has 0 radical (unpaired) electrons. The molecule has 2 saturated heterocycles. The van der Waals surface area contributed by atoms with Crippen molar-refractivity contribution in [3.05, 3.63) is 36.0 Å². The number of aliphatic hydroxyl groups is 3. The number of rotatable bonds is 7. The zero-order chi connectivity index (χ0) is 41.5. The molecular weight excluding hydrogens is 722 g/mol. The van der Waals surface area contributed by atoms with E-state index in [0.717, 1.165) is 10.5 Å². The van der Waals surface area contributed by atoms with Gasteiger partial charge >= 0.3 is 5.97 Å². The Kier molecular flexibility index (Phi) is 16.6. The second-order valence-electron chi connectivity index (χ2n) is 16.9. The van der Waals surface area contributed by atoms with E-state index in [0.29, 0.717) is 50.5 Å². The van der Waals surface area contributed by atoms with Gasteiger partial charge in [-0.25, -0.2) is 4.79 Å². The van der Waals surface area contributed by atoms with Crippen LogP contribution in [-0.2, 0) is 42.9 Å². The topological polar surface area (TPSA) is 178 Å². The van der Waals surface area contributed by atoms with Crippen LogP contribution in [-0.4, -0.2) is 126 Å². The molecule has 13 heteroatoms. The molecular formula is C43H67NO12. The van der Waals surface area contributed by atoms with Gasteiger partial charge in [0, 0.05) is 52.0 Å². The highest BCUT2D eigenvalue weighted by molar-refractivity contribution is 6.39. The Bertz CT molecular complexity index is 1460. The molecule has 0 aromatic heterocycles. The van der Waals surface area contributed by atoms with Crippen molar-refractivity contribution in [1.29, 1.82) is 0 Å². The first kappa shape index (κ1) is 45.9. The number of cyclic esters (lactones) is 1. The Morgan fingerprint density at radius 3 is 2.25 bits per heavy atom. The average Bonchev–Trinajstić information content (AvgIpc) is 3.66. The lowest BCUT2D eigenvalue weighted by atomic mass is 9.81. The number of aliphatic hydroxyl groups excluding tert-OH is 2. The van der Waals surface area contributed by atoms with E-state index < -0.39 is 83.9 Å². The van der Waals surface area contributed by atoms with Gasteiger partial charge < -0.3 is 43.9 Å². The predicted molar refractivity (Wildman–Crippen MR) is 208 cm³/mol. The van der Waals surface area contributed by atoms with Gasteiger partial charge in [-0.3, -0.25) is 14.4 Å². The molecule has 316 valence electrons. The van der Waals surface area contributed by atoms with E-state index in [2.05, 4.69) is 6.58 Å². The summed E-state index contributed by atoms with van der Waals surface area (Å²) in [4.78, 5) is 57.3. The molecule has 0 aromatic rings. The smallest absolute Gasteiger partial charge is 0.329 e. The van der Waals surface area contributed by atoms with Gasteiger partial charge in [-0.05, 0) is 89.0 Å². The number of nitrogens with zero attached hydrogens (tertiary/aromatic N) is 1. The SMILES string of the molecule is C=CCC1/C=C(\C)CC(C)CC(OC)C2OC(O)(C(=O)C(=O)N3CCCC3C(=O)OC(C(C)=CC3CCC(O)C(OC)C3)C(C)C(O)CC1=O)C(C)CC2OC. The fraction of sp³-hybridized carbons (Fsp3) is 0.767. The van der Waals surface area contributed by atoms with Gasteiger partial charge in [0.2, 0.25) is 5.79 Å². The standard InChI is InChI=1S/C43H67NO12/c1-10-12-30-18-24(2)17-25(3)19-36(53-8)39-37(54-9)21-27(5)43(51,56-39)40(48)41(49)44-16-11-13-31(44)42(50)55-38(28(6)33(46)23-34(30)47)26(4)20-29-14-15-32(45)35(22-29)52-7/h10,18,20,25,27-33,35-39,45-46,51H,1,11-17,19,21-23H2,2-9H3/b24-18+,26-20?. The van der Waals surface area contributed by atoms with E-state index in [1.54, 1.807) is 34.0 Å². The van der Waals surface area contributed by atoms with Crippen LogP contribution < -0.4 is 0 Å². The molecule has 56 heavy (non-hydrogen) atoms. The third kappa shape index (κ3) is 10.6. The highest BCUT2D eigenvalue weighted by Gasteiger charge is 2.57. The fourth-order valence-corrected chi connectivity index (χ4v) is 9.26. The van der Waals surface area contributed by atoms with Crippen molar-refractivity contribution in [2.24, 2.45) is 29.6 Å². The van der Waals surface area contributed by atoms with E-state index in [4.69, 9.17) is 23.7 Å². The van der Waals surface area contributed by atoms with Gasteiger partial charge in [0.1, 0.15) is 24.0 Å². The van der Waals surface area contributed by atoms with Gasteiger partial charge in [-0.1, -0.05) is 44.6 Å². The highest BCUT2D eigenvalue weighted by atomic mass is 16.7. The first-order chi connectivity index (χ1) is 26.5. The van der Waals surface area contributed by atoms with E-state index in [1.807, 2.05) is 26.0 Å². The molecule has 0 aromatic carbocycles. The molecule has 1 saturated carbocycles. The van der Waals surface area contributed by atoms with Gasteiger partial charge in [0.05, 0.1) is 30.5 Å². The molecule has 14 atom stereocenters. The lowest BCUT2D eigenvalue weighted by Gasteiger charge is -2.46. The second-order valence-corrected chi connectivity index (χ2v) is 16.9. The summed E-state index contributed by atoms with van der Waals surface area (Å²) in [6.07, 6.45) is 4.23. The van der Waals surface area contributed by atoms with E-state index in [9.17, 15) is 34.5 Å². The fourth-order valence-electron chi connectivity index (χ4n) is 9.26. The first-order valence-electron chi connectivity index (χ1n) is 20.4. The van der Waals surface area contributed by atoms with Crippen LogP contribution in [0.1, 0.15) is 98.8 Å². The minimum atomic E-state index is -2.51. The molecule has 4 aliphatic rings. The molecule has 2 bridgehead atoms. The van der Waals surface area contributed by atoms with Gasteiger partial charge in [-0.15, -0.1) is 6.58 Å². The summed E-state index contributed by atoms with van der Waals surface area (Å²) >= 11 is 0. The first-order valence-corrected chi connectivity index (χ1v) is 20.4. The molecule has 3 N–H and O–H groups in total. The molecule has 13 nitrogen and oxygen atoms in total. The molecule has 1 aliphatic carbocycles. The van der Waals surface area contributed by atoms with Crippen molar-refractivity contribution in [2.75, 3.05) is 27.9 Å². The molecule has 3 fully saturated rings. The number of Topliss-reactive ketones (excluding diaryl/α,β-unsaturated/α-hetero) is 2. The number of hydrogen-bond donors (Lipinski definition) is 3. The maximum absolute atomic E-state index is 14.2. The molecule has 4 rings (SSSR count). The Morgan fingerprint density at radius 2 is 1.61 bits per heavy atom. The lowest BCUT2D eigenvalue weighted by molar-refractivity contribution is -0.302. The van der Waals surface area contributed by atoms with Crippen molar-refractivity contribution < 1.29 is 58.2 Å². The summed E-state index contributed by atoms with van der Waals surface area (Å²) in [5, 5.41) is 34.0. The third-order valence-electron chi connectivity index (χ3n) is 12.6. The summed E-state index contributed by atoms with van der Waals surface area (Å²) in [5.74, 6) is -7.76. The maximum Gasteiger partial charge on any atom is 0.329 e. The molecule has 14 unspecified atom stereocenters. The van der Waals surface area contributed by atoms with Crippen LogP contribution >= 0.6 is 0 Å². The zero-order valence-electron chi connectivity index (χ0n) is 34.7. The van der Waals surface area contributed by atoms with Gasteiger partial charge in [-0.2, -0.15) is 0 Å². The number of allylic oxidation sites excluding steroid dienone is 4. The number of amides is 1. The summed E-state index contributed by atoms with van der Waals surface area (Å²) in [6.45, 7) is 13.1. The molecule has 3 heterocycles. The van der Waals surface area contributed by atoms with Crippen molar-refractivity contribution in [1.82, 2.24) is 4.90 Å². The van der Waals surface area contributed by atoms with Crippen molar-refractivity contribution in [3.8, 4) is 0 Å². The maximum atomic E-state index is 14.2. The number of ketones is 2. The summed E-state index contributed by atoms with van der Waals surface area (Å²) < 4.78 is 29.6. The van der Waals surface area contributed by atoms with Gasteiger partial charge in [0.25, 0.3) is 11.7 Å². The van der Waals surface area contributed by atoms with E-state index >= 15 is 0 Å². The number of ether oxygens (including phenoxy) is 5. The number of hydrogen-bond acceptors (Lipinski definition) is 12. The minimum absolute atomic E-state index is 0.00899. The van der Waals surface area contributed by atoms with Crippen LogP contribution in [0.5, 0.6) is 0 Å². The Balaban J connectivity index is 1.76. The Labute approximate surface area is 332 Å². The number of fused-ring (bicyclic) bond motifs is 3. The van der Waals surface area contributed by atoms with Crippen molar-refractivity contribution in [3.63, 3.8) is 0 Å². The highest BCUT2D eigenvalue weighted by Crippen LogP contribution is 2.39. The normalized spacial score (nSPS) is 41.3. The van der Waals surface area contributed by atoms with Crippen molar-refractivity contribution >= 4 is 23.4 Å². The van der Waals surface area contributed by atoms with E-state index in [1.165, 1.54) is 14.2 Å². The average molecular weight is 790 g/mol. The molecule has 0 spiro atoms. The largest absolute Gasteiger partial charge is 0.456 e. The summed E-state index contributed by atoms with van der Waals surface area (Å²) in [7, 11) is 4.60.